The Kier molecular flexibility index (Phi) is 8.26. The lowest BCUT2D eigenvalue weighted by atomic mass is 9.93. The lowest BCUT2D eigenvalue weighted by Gasteiger charge is -2.11. The molecule has 0 aliphatic rings. The van der Waals surface area contributed by atoms with Gasteiger partial charge in [0.15, 0.2) is 5.82 Å². The summed E-state index contributed by atoms with van der Waals surface area (Å²) in [5.74, 6) is 0.609. The maximum absolute atomic E-state index is 6.72. The molecule has 0 bridgehead atoms. The predicted octanol–water partition coefficient (Wildman–Crippen LogP) is 17.6. The van der Waals surface area contributed by atoms with Crippen LogP contribution in [0.4, 0.5) is 0 Å². The van der Waals surface area contributed by atoms with Crippen LogP contribution in [0.2, 0.25) is 0 Å². The molecule has 70 heavy (non-hydrogen) atoms. The Morgan fingerprint density at radius 2 is 0.886 bits per heavy atom. The highest BCUT2D eigenvalue weighted by Gasteiger charge is 2.21. The molecule has 0 atom stereocenters. The van der Waals surface area contributed by atoms with E-state index >= 15 is 0 Å². The van der Waals surface area contributed by atoms with Gasteiger partial charge < -0.3 is 17.8 Å². The first kappa shape index (κ1) is 38.6. The molecule has 0 spiro atoms. The molecule has 0 N–H and O–H groups in total. The molecule has 0 unspecified atom stereocenters. The minimum absolute atomic E-state index is 0.609. The van der Waals surface area contributed by atoms with Crippen LogP contribution in [0.15, 0.2) is 238 Å². The number of para-hydroxylation sites is 4. The van der Waals surface area contributed by atoms with Crippen molar-refractivity contribution in [2.75, 3.05) is 0 Å². The molecule has 15 rings (SSSR count). The van der Waals surface area contributed by atoms with Crippen molar-refractivity contribution in [3.05, 3.63) is 224 Å². The zero-order valence-electron chi connectivity index (χ0n) is 37.4. The van der Waals surface area contributed by atoms with Gasteiger partial charge in [0.2, 0.25) is 0 Å². The SMILES string of the molecule is c1ccc(-c2cc(-c3cccc4oc5ccc(-c6cc(-c7ccc8c9ccccc9n(-c9ccccc9)c8c7)cc7oc8ccccc8c67)cc5c34)nc(-c3ccc4c(c3)oc3ccccc34)n2)cc1. The average molecular weight is 896 g/mol. The van der Waals surface area contributed by atoms with Gasteiger partial charge >= 0.3 is 0 Å². The summed E-state index contributed by atoms with van der Waals surface area (Å²) in [6, 6.07) is 78.5. The number of benzene rings is 10. The standard InChI is InChI=1S/C64H37N3O3/c1-3-14-38(15-4-1)52-37-53(66-64(65-52)41-27-30-47-46-19-8-11-23-56(46)69-60(47)35-41)48-21-13-25-59-62(48)51-32-40(28-31-58(51)68-59)50-33-42(36-61-63(50)49-20-9-12-24-57(49)70-61)39-26-29-45-44-18-7-10-22-54(44)67(55(45)34-39)43-16-5-2-6-17-43/h1-37H. The summed E-state index contributed by atoms with van der Waals surface area (Å²) in [5, 5.41) is 8.69. The highest BCUT2D eigenvalue weighted by atomic mass is 16.3. The quantitative estimate of drug-likeness (QED) is 0.166. The zero-order valence-corrected chi connectivity index (χ0v) is 37.4. The van der Waals surface area contributed by atoms with E-state index in [0.717, 1.165) is 127 Å². The first-order valence-corrected chi connectivity index (χ1v) is 23.5. The van der Waals surface area contributed by atoms with E-state index in [0.29, 0.717) is 5.82 Å². The Hall–Kier alpha value is -9.52. The number of fused-ring (bicyclic) bond motifs is 12. The lowest BCUT2D eigenvalue weighted by Crippen LogP contribution is -1.96. The van der Waals surface area contributed by atoms with Crippen molar-refractivity contribution in [1.82, 2.24) is 14.5 Å². The van der Waals surface area contributed by atoms with Crippen molar-refractivity contribution in [2.24, 2.45) is 0 Å². The molecule has 10 aromatic carbocycles. The van der Waals surface area contributed by atoms with E-state index in [9.17, 15) is 0 Å². The van der Waals surface area contributed by atoms with Crippen molar-refractivity contribution in [1.29, 1.82) is 0 Å². The third-order valence-electron chi connectivity index (χ3n) is 14.0. The molecule has 0 saturated heterocycles. The van der Waals surface area contributed by atoms with Gasteiger partial charge in [-0.15, -0.1) is 0 Å². The molecular formula is C64H37N3O3. The predicted molar refractivity (Wildman–Crippen MR) is 285 cm³/mol. The Morgan fingerprint density at radius 3 is 1.76 bits per heavy atom. The van der Waals surface area contributed by atoms with Gasteiger partial charge in [-0.05, 0) is 107 Å². The third-order valence-corrected chi connectivity index (χ3v) is 14.0. The molecule has 0 amide bonds. The first-order chi connectivity index (χ1) is 34.7. The van der Waals surface area contributed by atoms with E-state index < -0.39 is 0 Å². The molecule has 5 heterocycles. The fourth-order valence-electron chi connectivity index (χ4n) is 10.8. The Labute approximate surface area is 399 Å². The molecule has 0 radical (unpaired) electrons. The van der Waals surface area contributed by atoms with Gasteiger partial charge in [0.1, 0.15) is 33.5 Å². The van der Waals surface area contributed by atoms with Crippen LogP contribution in [0, 0.1) is 0 Å². The zero-order chi connectivity index (χ0) is 45.9. The van der Waals surface area contributed by atoms with E-state index in [2.05, 4.69) is 174 Å². The van der Waals surface area contributed by atoms with E-state index in [1.165, 1.54) is 16.3 Å². The lowest BCUT2D eigenvalue weighted by molar-refractivity contribution is 0.668. The minimum atomic E-state index is 0.609. The molecular weight excluding hydrogens is 859 g/mol. The van der Waals surface area contributed by atoms with Crippen molar-refractivity contribution in [2.45, 2.75) is 0 Å². The number of aromatic nitrogens is 3. The van der Waals surface area contributed by atoms with Crippen molar-refractivity contribution in [3.8, 4) is 61.8 Å². The van der Waals surface area contributed by atoms with Crippen molar-refractivity contribution in [3.63, 3.8) is 0 Å². The second kappa shape index (κ2) is 15.0. The maximum Gasteiger partial charge on any atom is 0.160 e. The maximum atomic E-state index is 6.72. The second-order valence-electron chi connectivity index (χ2n) is 18.0. The summed E-state index contributed by atoms with van der Waals surface area (Å²) >= 11 is 0. The number of furan rings is 3. The fraction of sp³-hybridized carbons (Fsp3) is 0. The topological polar surface area (TPSA) is 70.1 Å². The van der Waals surface area contributed by atoms with E-state index in [4.69, 9.17) is 23.2 Å². The van der Waals surface area contributed by atoms with Gasteiger partial charge in [-0.25, -0.2) is 9.97 Å². The molecule has 5 aromatic heterocycles. The molecule has 0 aliphatic carbocycles. The summed E-state index contributed by atoms with van der Waals surface area (Å²) in [6.45, 7) is 0. The van der Waals surface area contributed by atoms with Crippen LogP contribution in [0.25, 0.3) is 149 Å². The number of hydrogen-bond donors (Lipinski definition) is 0. The van der Waals surface area contributed by atoms with E-state index in [1.54, 1.807) is 0 Å². The molecule has 15 aromatic rings. The van der Waals surface area contributed by atoms with Crippen LogP contribution in [-0.4, -0.2) is 14.5 Å². The summed E-state index contributed by atoms with van der Waals surface area (Å²) in [6.07, 6.45) is 0. The third kappa shape index (κ3) is 5.93. The van der Waals surface area contributed by atoms with Crippen molar-refractivity contribution < 1.29 is 13.3 Å². The number of rotatable bonds is 6. The van der Waals surface area contributed by atoms with Gasteiger partial charge in [0, 0.05) is 65.5 Å². The number of hydrogen-bond acceptors (Lipinski definition) is 5. The van der Waals surface area contributed by atoms with Gasteiger partial charge in [0.05, 0.1) is 22.4 Å². The second-order valence-corrected chi connectivity index (χ2v) is 18.0. The van der Waals surface area contributed by atoms with Crippen LogP contribution in [0.3, 0.4) is 0 Å². The largest absolute Gasteiger partial charge is 0.456 e. The van der Waals surface area contributed by atoms with Gasteiger partial charge in [-0.2, -0.15) is 0 Å². The van der Waals surface area contributed by atoms with Crippen molar-refractivity contribution >= 4 is 87.6 Å². The number of nitrogens with zero attached hydrogens (tertiary/aromatic N) is 3. The summed E-state index contributed by atoms with van der Waals surface area (Å²) < 4.78 is 22.1. The van der Waals surface area contributed by atoms with Gasteiger partial charge in [0.25, 0.3) is 0 Å². The van der Waals surface area contributed by atoms with Crippen LogP contribution < -0.4 is 0 Å². The Bertz CT molecular complexity index is 4590. The van der Waals surface area contributed by atoms with E-state index in [-0.39, 0.29) is 0 Å². The Morgan fingerprint density at radius 1 is 0.286 bits per heavy atom. The van der Waals surface area contributed by atoms with Crippen LogP contribution in [0.1, 0.15) is 0 Å². The Balaban J connectivity index is 0.930. The summed E-state index contributed by atoms with van der Waals surface area (Å²) in [4.78, 5) is 10.5. The van der Waals surface area contributed by atoms with E-state index in [1.807, 2.05) is 54.6 Å². The minimum Gasteiger partial charge on any atom is -0.456 e. The van der Waals surface area contributed by atoms with Crippen LogP contribution in [-0.2, 0) is 0 Å². The van der Waals surface area contributed by atoms with Crippen LogP contribution in [0.5, 0.6) is 0 Å². The fourth-order valence-corrected chi connectivity index (χ4v) is 10.8. The molecule has 0 saturated carbocycles. The highest BCUT2D eigenvalue weighted by Crippen LogP contribution is 2.45. The monoisotopic (exact) mass is 895 g/mol. The molecule has 6 nitrogen and oxygen atoms in total. The van der Waals surface area contributed by atoms with Crippen LogP contribution >= 0.6 is 0 Å². The molecule has 0 fully saturated rings. The first-order valence-electron chi connectivity index (χ1n) is 23.5. The summed E-state index contributed by atoms with van der Waals surface area (Å²) in [5.41, 5.74) is 17.1. The van der Waals surface area contributed by atoms with Gasteiger partial charge in [-0.1, -0.05) is 140 Å². The molecule has 6 heteroatoms. The van der Waals surface area contributed by atoms with Gasteiger partial charge in [-0.3, -0.25) is 0 Å². The smallest absolute Gasteiger partial charge is 0.160 e. The molecule has 326 valence electrons. The highest BCUT2D eigenvalue weighted by molar-refractivity contribution is 6.17. The molecule has 0 aliphatic heterocycles. The normalized spacial score (nSPS) is 12.0. The summed E-state index contributed by atoms with van der Waals surface area (Å²) in [7, 11) is 0. The average Bonchev–Trinajstić information content (AvgIpc) is 4.19.